The molecule has 7 heteroatoms. The van der Waals surface area contributed by atoms with Crippen LogP contribution in [-0.4, -0.2) is 67.8 Å². The fourth-order valence-corrected chi connectivity index (χ4v) is 2.57. The SMILES string of the molecule is COc1ccc(C(=O)N2CCN(C(=O)OC(C)(C)C)CC2)cc1OC. The number of hydrogen-bond acceptors (Lipinski definition) is 5. The zero-order valence-corrected chi connectivity index (χ0v) is 15.5. The highest BCUT2D eigenvalue weighted by Crippen LogP contribution is 2.28. The van der Waals surface area contributed by atoms with Gasteiger partial charge in [0.15, 0.2) is 11.5 Å². The first-order valence-electron chi connectivity index (χ1n) is 8.24. The maximum absolute atomic E-state index is 12.7. The number of carbonyl (C=O) groups excluding carboxylic acids is 2. The van der Waals surface area contributed by atoms with E-state index < -0.39 is 5.60 Å². The molecule has 1 fully saturated rings. The maximum Gasteiger partial charge on any atom is 0.410 e. The fraction of sp³-hybridized carbons (Fsp3) is 0.556. The van der Waals surface area contributed by atoms with E-state index in [1.807, 2.05) is 20.8 Å². The molecule has 1 aromatic carbocycles. The second-order valence-corrected chi connectivity index (χ2v) is 6.83. The Labute approximate surface area is 148 Å². The van der Waals surface area contributed by atoms with E-state index in [1.165, 1.54) is 7.11 Å². The van der Waals surface area contributed by atoms with Gasteiger partial charge in [-0.15, -0.1) is 0 Å². The number of carbonyl (C=O) groups is 2. The molecule has 25 heavy (non-hydrogen) atoms. The number of nitrogens with zero attached hydrogens (tertiary/aromatic N) is 2. The summed E-state index contributed by atoms with van der Waals surface area (Å²) in [6, 6.07) is 5.09. The van der Waals surface area contributed by atoms with Crippen LogP contribution in [0.25, 0.3) is 0 Å². The van der Waals surface area contributed by atoms with Crippen LogP contribution in [0.1, 0.15) is 31.1 Å². The lowest BCUT2D eigenvalue weighted by molar-refractivity contribution is 0.0141. The third-order valence-electron chi connectivity index (χ3n) is 3.85. The predicted octanol–water partition coefficient (Wildman–Crippen LogP) is 2.40. The molecule has 0 aromatic heterocycles. The summed E-state index contributed by atoms with van der Waals surface area (Å²) in [6.45, 7) is 7.34. The number of piperazine rings is 1. The summed E-state index contributed by atoms with van der Waals surface area (Å²) in [5, 5.41) is 0. The molecule has 1 saturated heterocycles. The Balaban J connectivity index is 1.98. The van der Waals surface area contributed by atoms with Gasteiger partial charge in [-0.3, -0.25) is 4.79 Å². The summed E-state index contributed by atoms with van der Waals surface area (Å²) in [7, 11) is 3.08. The first-order valence-corrected chi connectivity index (χ1v) is 8.24. The highest BCUT2D eigenvalue weighted by atomic mass is 16.6. The summed E-state index contributed by atoms with van der Waals surface area (Å²) < 4.78 is 15.8. The molecule has 138 valence electrons. The van der Waals surface area contributed by atoms with Crippen molar-refractivity contribution in [1.29, 1.82) is 0 Å². The van der Waals surface area contributed by atoms with Crippen LogP contribution in [0, 0.1) is 0 Å². The summed E-state index contributed by atoms with van der Waals surface area (Å²) >= 11 is 0. The Morgan fingerprint density at radius 1 is 0.920 bits per heavy atom. The molecule has 7 nitrogen and oxygen atoms in total. The van der Waals surface area contributed by atoms with Gasteiger partial charge in [-0.1, -0.05) is 0 Å². The van der Waals surface area contributed by atoms with Crippen molar-refractivity contribution in [2.45, 2.75) is 26.4 Å². The number of methoxy groups -OCH3 is 2. The molecule has 0 spiro atoms. The van der Waals surface area contributed by atoms with E-state index in [0.717, 1.165) is 0 Å². The van der Waals surface area contributed by atoms with Crippen LogP contribution in [0.5, 0.6) is 11.5 Å². The number of amides is 2. The van der Waals surface area contributed by atoms with Gasteiger partial charge in [0.1, 0.15) is 5.60 Å². The van der Waals surface area contributed by atoms with Crippen molar-refractivity contribution in [3.05, 3.63) is 23.8 Å². The Bertz CT molecular complexity index is 631. The van der Waals surface area contributed by atoms with Gasteiger partial charge >= 0.3 is 6.09 Å². The van der Waals surface area contributed by atoms with E-state index in [1.54, 1.807) is 35.1 Å². The van der Waals surface area contributed by atoms with E-state index in [0.29, 0.717) is 43.2 Å². The largest absolute Gasteiger partial charge is 0.493 e. The lowest BCUT2D eigenvalue weighted by Crippen LogP contribution is -2.51. The van der Waals surface area contributed by atoms with Gasteiger partial charge in [-0.05, 0) is 39.0 Å². The highest BCUT2D eigenvalue weighted by molar-refractivity contribution is 5.95. The average molecular weight is 350 g/mol. The average Bonchev–Trinajstić information content (AvgIpc) is 2.59. The lowest BCUT2D eigenvalue weighted by atomic mass is 10.1. The molecule has 1 heterocycles. The van der Waals surface area contributed by atoms with Gasteiger partial charge in [-0.2, -0.15) is 0 Å². The molecule has 2 rings (SSSR count). The zero-order valence-electron chi connectivity index (χ0n) is 15.5. The molecule has 1 aromatic rings. The third kappa shape index (κ3) is 4.78. The maximum atomic E-state index is 12.7. The van der Waals surface area contributed by atoms with Crippen LogP contribution in [0.4, 0.5) is 4.79 Å². The predicted molar refractivity (Wildman–Crippen MR) is 93.3 cm³/mol. The molecule has 0 aliphatic carbocycles. The van der Waals surface area contributed by atoms with Crippen LogP contribution in [0.15, 0.2) is 18.2 Å². The molecular formula is C18H26N2O5. The molecule has 2 amide bonds. The molecular weight excluding hydrogens is 324 g/mol. The minimum Gasteiger partial charge on any atom is -0.493 e. The Morgan fingerprint density at radius 3 is 2.00 bits per heavy atom. The second-order valence-electron chi connectivity index (χ2n) is 6.83. The summed E-state index contributed by atoms with van der Waals surface area (Å²) in [5.41, 5.74) is 0.00677. The van der Waals surface area contributed by atoms with Gasteiger partial charge in [-0.25, -0.2) is 4.79 Å². The molecule has 0 atom stereocenters. The molecule has 1 aliphatic rings. The molecule has 0 bridgehead atoms. The Kier molecular flexibility index (Phi) is 5.77. The van der Waals surface area contributed by atoms with Gasteiger partial charge < -0.3 is 24.0 Å². The lowest BCUT2D eigenvalue weighted by Gasteiger charge is -2.35. The first kappa shape index (κ1) is 18.9. The minimum absolute atomic E-state index is 0.0928. The topological polar surface area (TPSA) is 68.3 Å². The standard InChI is InChI=1S/C18H26N2O5/c1-18(2,3)25-17(22)20-10-8-19(9-11-20)16(21)13-6-7-14(23-4)15(12-13)24-5/h6-7,12H,8-11H2,1-5H3. The minimum atomic E-state index is -0.524. The van der Waals surface area contributed by atoms with Crippen LogP contribution >= 0.6 is 0 Å². The molecule has 1 aliphatic heterocycles. The number of ether oxygens (including phenoxy) is 3. The van der Waals surface area contributed by atoms with Gasteiger partial charge in [0.05, 0.1) is 14.2 Å². The summed E-state index contributed by atoms with van der Waals surface area (Å²) in [4.78, 5) is 28.1. The summed E-state index contributed by atoms with van der Waals surface area (Å²) in [5.74, 6) is 0.999. The second kappa shape index (κ2) is 7.63. The molecule has 0 N–H and O–H groups in total. The van der Waals surface area contributed by atoms with Gasteiger partial charge in [0.25, 0.3) is 5.91 Å². The van der Waals surface area contributed by atoms with Crippen LogP contribution < -0.4 is 9.47 Å². The van der Waals surface area contributed by atoms with Crippen molar-refractivity contribution in [1.82, 2.24) is 9.80 Å². The Morgan fingerprint density at radius 2 is 1.48 bits per heavy atom. The van der Waals surface area contributed by atoms with E-state index in [4.69, 9.17) is 14.2 Å². The van der Waals surface area contributed by atoms with Crippen molar-refractivity contribution in [2.75, 3.05) is 40.4 Å². The van der Waals surface area contributed by atoms with E-state index in [2.05, 4.69) is 0 Å². The first-order chi connectivity index (χ1) is 11.7. The van der Waals surface area contributed by atoms with E-state index in [-0.39, 0.29) is 12.0 Å². The van der Waals surface area contributed by atoms with E-state index in [9.17, 15) is 9.59 Å². The van der Waals surface area contributed by atoms with Crippen LogP contribution in [0.2, 0.25) is 0 Å². The normalized spacial score (nSPS) is 14.9. The van der Waals surface area contributed by atoms with Gasteiger partial charge in [0, 0.05) is 31.7 Å². The quantitative estimate of drug-likeness (QED) is 0.837. The van der Waals surface area contributed by atoms with E-state index >= 15 is 0 Å². The molecule has 0 radical (unpaired) electrons. The van der Waals surface area contributed by atoms with Crippen LogP contribution in [-0.2, 0) is 4.74 Å². The Hall–Kier alpha value is -2.44. The monoisotopic (exact) mass is 350 g/mol. The number of rotatable bonds is 3. The van der Waals surface area contributed by atoms with Crippen molar-refractivity contribution >= 4 is 12.0 Å². The van der Waals surface area contributed by atoms with Crippen molar-refractivity contribution in [3.63, 3.8) is 0 Å². The third-order valence-corrected chi connectivity index (χ3v) is 3.85. The zero-order chi connectivity index (χ0) is 18.6. The number of benzene rings is 1. The smallest absolute Gasteiger partial charge is 0.410 e. The highest BCUT2D eigenvalue weighted by Gasteiger charge is 2.28. The van der Waals surface area contributed by atoms with Gasteiger partial charge in [0.2, 0.25) is 0 Å². The van der Waals surface area contributed by atoms with Crippen molar-refractivity contribution < 1.29 is 23.8 Å². The van der Waals surface area contributed by atoms with Crippen molar-refractivity contribution in [2.24, 2.45) is 0 Å². The van der Waals surface area contributed by atoms with Crippen molar-refractivity contribution in [3.8, 4) is 11.5 Å². The summed E-state index contributed by atoms with van der Waals surface area (Å²) in [6.07, 6.45) is -0.342. The molecule has 0 saturated carbocycles. The fourth-order valence-electron chi connectivity index (χ4n) is 2.57. The van der Waals surface area contributed by atoms with Crippen LogP contribution in [0.3, 0.4) is 0 Å². The number of hydrogen-bond donors (Lipinski definition) is 0. The molecule has 0 unspecified atom stereocenters.